The molecule has 6 heteroatoms. The molecule has 0 aromatic carbocycles. The van der Waals surface area contributed by atoms with Crippen LogP contribution in [-0.2, 0) is 0 Å². The predicted molar refractivity (Wildman–Crippen MR) is 28.3 cm³/mol. The van der Waals surface area contributed by atoms with E-state index in [4.69, 9.17) is 5.41 Å². The lowest BCUT2D eigenvalue weighted by atomic mass is 10.9. The number of nitrogens with two attached hydrogens (primary N) is 1. The van der Waals surface area contributed by atoms with Crippen LogP contribution in [0, 0.1) is 5.41 Å². The number of nitrogens with zero attached hydrogens (tertiary/aromatic N) is 1. The highest BCUT2D eigenvalue weighted by molar-refractivity contribution is 5.94. The lowest BCUT2D eigenvalue weighted by Crippen LogP contribution is -2.32. The van der Waals surface area contributed by atoms with Gasteiger partial charge in [0.05, 0.1) is 6.01 Å². The molecule has 0 atom stereocenters. The number of primary amides is 1. The lowest BCUT2D eigenvalue weighted by molar-refractivity contribution is 0.237. The Morgan fingerprint density at radius 3 is 2.56 bits per heavy atom. The second kappa shape index (κ2) is 3.34. The zero-order valence-electron chi connectivity index (χ0n) is 4.34. The van der Waals surface area contributed by atoms with Crippen LogP contribution in [0.4, 0.5) is 9.59 Å². The van der Waals surface area contributed by atoms with Crippen molar-refractivity contribution >= 4 is 18.1 Å². The van der Waals surface area contributed by atoms with Gasteiger partial charge in [0.1, 0.15) is 0 Å². The molecule has 0 aliphatic rings. The molecule has 0 aromatic rings. The zero-order chi connectivity index (χ0) is 7.28. The van der Waals surface area contributed by atoms with Crippen LogP contribution in [-0.4, -0.2) is 18.1 Å². The Labute approximate surface area is 50.3 Å². The van der Waals surface area contributed by atoms with Crippen molar-refractivity contribution in [1.29, 1.82) is 5.41 Å². The van der Waals surface area contributed by atoms with E-state index in [9.17, 15) is 9.59 Å². The fourth-order valence-electron chi connectivity index (χ4n) is 0.184. The van der Waals surface area contributed by atoms with Crippen LogP contribution < -0.4 is 11.1 Å². The molecule has 4 N–H and O–H groups in total. The Morgan fingerprint density at radius 1 is 1.67 bits per heavy atom. The summed E-state index contributed by atoms with van der Waals surface area (Å²) in [4.78, 5) is 22.6. The molecule has 48 valence electrons. The number of aliphatic imine (C=N–C) groups is 1. The first-order valence-corrected chi connectivity index (χ1v) is 1.89. The SMILES string of the molecule is N=C=NC(=O)NC(N)=O. The first-order chi connectivity index (χ1) is 4.16. The lowest BCUT2D eigenvalue weighted by Gasteiger charge is -1.88. The molecule has 0 radical (unpaired) electrons. The van der Waals surface area contributed by atoms with Gasteiger partial charge >= 0.3 is 12.1 Å². The Balaban J connectivity index is 3.78. The molecule has 0 aliphatic heterocycles. The van der Waals surface area contributed by atoms with Gasteiger partial charge in [-0.1, -0.05) is 0 Å². The van der Waals surface area contributed by atoms with E-state index in [2.05, 4.69) is 10.7 Å². The first-order valence-electron chi connectivity index (χ1n) is 1.89. The second-order valence-electron chi connectivity index (χ2n) is 1.02. The molecule has 9 heavy (non-hydrogen) atoms. The van der Waals surface area contributed by atoms with E-state index < -0.39 is 12.1 Å². The van der Waals surface area contributed by atoms with Gasteiger partial charge in [-0.05, 0) is 0 Å². The minimum Gasteiger partial charge on any atom is -0.351 e. The summed E-state index contributed by atoms with van der Waals surface area (Å²) in [7, 11) is 0. The number of urea groups is 2. The molecule has 0 spiro atoms. The van der Waals surface area contributed by atoms with E-state index in [0.29, 0.717) is 0 Å². The highest BCUT2D eigenvalue weighted by atomic mass is 16.2. The van der Waals surface area contributed by atoms with Gasteiger partial charge in [-0.15, -0.1) is 4.99 Å². The topological polar surface area (TPSA) is 108 Å². The van der Waals surface area contributed by atoms with Gasteiger partial charge in [-0.3, -0.25) is 5.32 Å². The van der Waals surface area contributed by atoms with Crippen LogP contribution in [0.25, 0.3) is 0 Å². The number of amides is 4. The summed E-state index contributed by atoms with van der Waals surface area (Å²) in [5.74, 6) is 0. The summed E-state index contributed by atoms with van der Waals surface area (Å²) >= 11 is 0. The zero-order valence-corrected chi connectivity index (χ0v) is 4.34. The third-order valence-electron chi connectivity index (χ3n) is 0.388. The van der Waals surface area contributed by atoms with Crippen molar-refractivity contribution in [2.75, 3.05) is 0 Å². The van der Waals surface area contributed by atoms with Gasteiger partial charge in [0.15, 0.2) is 0 Å². The number of carbonyl (C=O) groups is 2. The average Bonchev–Trinajstić information content (AvgIpc) is 1.63. The molecule has 0 fully saturated rings. The number of carbonyl (C=O) groups excluding carboxylic acids is 2. The van der Waals surface area contributed by atoms with Crippen LogP contribution in [0.15, 0.2) is 4.99 Å². The molecular formula is C3H4N4O2. The average molecular weight is 128 g/mol. The standard InChI is InChI=1S/C3H4N4O2/c4-1-6-3(9)7-2(5)8/h4H,(H3,5,7,8,9). The number of hydrogen-bond donors (Lipinski definition) is 3. The minimum absolute atomic E-state index is 0.988. The summed E-state index contributed by atoms with van der Waals surface area (Å²) in [6.07, 6.45) is 0. The van der Waals surface area contributed by atoms with Gasteiger partial charge in [-0.25, -0.2) is 15.0 Å². The summed E-state index contributed by atoms with van der Waals surface area (Å²) < 4.78 is 0. The van der Waals surface area contributed by atoms with Gasteiger partial charge in [-0.2, -0.15) is 0 Å². The molecule has 0 saturated carbocycles. The Bertz CT molecular complexity index is 180. The Morgan fingerprint density at radius 2 is 2.22 bits per heavy atom. The molecule has 0 bridgehead atoms. The van der Waals surface area contributed by atoms with Crippen molar-refractivity contribution in [2.45, 2.75) is 0 Å². The van der Waals surface area contributed by atoms with Crippen LogP contribution in [0.5, 0.6) is 0 Å². The number of hydrogen-bond acceptors (Lipinski definition) is 3. The predicted octanol–water partition coefficient (Wildman–Crippen LogP) is -0.473. The smallest absolute Gasteiger partial charge is 0.351 e. The van der Waals surface area contributed by atoms with Crippen molar-refractivity contribution < 1.29 is 9.59 Å². The fraction of sp³-hybridized carbons (Fsp3) is 0. The van der Waals surface area contributed by atoms with Crippen molar-refractivity contribution in [3.05, 3.63) is 0 Å². The highest BCUT2D eigenvalue weighted by Gasteiger charge is 1.97. The van der Waals surface area contributed by atoms with Crippen LogP contribution >= 0.6 is 0 Å². The summed E-state index contributed by atoms with van der Waals surface area (Å²) in [5.41, 5.74) is 4.50. The molecular weight excluding hydrogens is 124 g/mol. The summed E-state index contributed by atoms with van der Waals surface area (Å²) in [6.45, 7) is 0. The molecule has 0 heterocycles. The number of imide groups is 1. The van der Waals surface area contributed by atoms with E-state index in [1.165, 1.54) is 6.01 Å². The van der Waals surface area contributed by atoms with E-state index >= 15 is 0 Å². The Hall–Kier alpha value is -1.68. The van der Waals surface area contributed by atoms with Crippen molar-refractivity contribution in [1.82, 2.24) is 5.32 Å². The van der Waals surface area contributed by atoms with Crippen LogP contribution in [0.3, 0.4) is 0 Å². The molecule has 0 rings (SSSR count). The van der Waals surface area contributed by atoms with Gasteiger partial charge in [0.25, 0.3) is 0 Å². The van der Waals surface area contributed by atoms with Gasteiger partial charge < -0.3 is 5.73 Å². The van der Waals surface area contributed by atoms with E-state index in [-0.39, 0.29) is 0 Å². The quantitative estimate of drug-likeness (QED) is 0.383. The van der Waals surface area contributed by atoms with Crippen molar-refractivity contribution in [3.8, 4) is 0 Å². The molecule has 6 nitrogen and oxygen atoms in total. The van der Waals surface area contributed by atoms with E-state index in [1.54, 1.807) is 5.32 Å². The maximum absolute atomic E-state index is 10.1. The molecule has 0 aromatic heterocycles. The maximum Gasteiger partial charge on any atom is 0.358 e. The summed E-state index contributed by atoms with van der Waals surface area (Å²) in [5, 5.41) is 7.74. The molecule has 0 saturated heterocycles. The third-order valence-corrected chi connectivity index (χ3v) is 0.388. The minimum atomic E-state index is -1.00. The normalized spacial score (nSPS) is 7.11. The van der Waals surface area contributed by atoms with Crippen molar-refractivity contribution in [3.63, 3.8) is 0 Å². The van der Waals surface area contributed by atoms with E-state index in [1.807, 2.05) is 0 Å². The monoisotopic (exact) mass is 128 g/mol. The maximum atomic E-state index is 10.1. The van der Waals surface area contributed by atoms with Gasteiger partial charge in [0, 0.05) is 0 Å². The largest absolute Gasteiger partial charge is 0.358 e. The third kappa shape index (κ3) is 4.17. The Kier molecular flexibility index (Phi) is 2.72. The van der Waals surface area contributed by atoms with Gasteiger partial charge in [0.2, 0.25) is 0 Å². The van der Waals surface area contributed by atoms with Crippen LogP contribution in [0.2, 0.25) is 0 Å². The number of nitrogens with one attached hydrogen (secondary N) is 2. The highest BCUT2D eigenvalue weighted by Crippen LogP contribution is 1.67. The molecule has 4 amide bonds. The second-order valence-corrected chi connectivity index (χ2v) is 1.02. The molecule has 0 aliphatic carbocycles. The molecule has 0 unspecified atom stereocenters. The number of rotatable bonds is 0. The van der Waals surface area contributed by atoms with Crippen LogP contribution in [0.1, 0.15) is 0 Å². The first kappa shape index (κ1) is 7.32. The van der Waals surface area contributed by atoms with E-state index in [0.717, 1.165) is 0 Å². The van der Waals surface area contributed by atoms with Crippen molar-refractivity contribution in [2.24, 2.45) is 10.7 Å². The fourth-order valence-corrected chi connectivity index (χ4v) is 0.184. The summed E-state index contributed by atoms with van der Waals surface area (Å²) in [6, 6.07) is -0.561.